The number of benzene rings is 3. The zero-order chi connectivity index (χ0) is 17.6. The van der Waals surface area contributed by atoms with E-state index in [0.29, 0.717) is 28.2 Å². The lowest BCUT2D eigenvalue weighted by Crippen LogP contribution is -1.79. The highest BCUT2D eigenvalue weighted by molar-refractivity contribution is 5.89. The van der Waals surface area contributed by atoms with E-state index in [2.05, 4.69) is 4.98 Å². The lowest BCUT2D eigenvalue weighted by Gasteiger charge is -2.04. The number of nitrogens with zero attached hydrogens (tertiary/aromatic N) is 1. The molecule has 0 aliphatic rings. The number of phenols is 4. The van der Waals surface area contributed by atoms with Crippen molar-refractivity contribution in [1.29, 1.82) is 0 Å². The summed E-state index contributed by atoms with van der Waals surface area (Å²) in [5.41, 5.74) is 1.01. The number of rotatable bonds is 2. The Kier molecular flexibility index (Phi) is 3.25. The molecule has 0 aliphatic carbocycles. The van der Waals surface area contributed by atoms with Crippen LogP contribution in [0.25, 0.3) is 33.6 Å². The lowest BCUT2D eigenvalue weighted by atomic mass is 10.1. The van der Waals surface area contributed by atoms with E-state index in [1.54, 1.807) is 30.3 Å². The number of hydrogen-bond acceptors (Lipinski definition) is 6. The molecule has 6 nitrogen and oxygen atoms in total. The lowest BCUT2D eigenvalue weighted by molar-refractivity contribution is 0.404. The molecule has 124 valence electrons. The van der Waals surface area contributed by atoms with Gasteiger partial charge in [-0.25, -0.2) is 4.98 Å². The van der Waals surface area contributed by atoms with E-state index in [-0.39, 0.29) is 23.0 Å². The van der Waals surface area contributed by atoms with Crippen LogP contribution in [0.5, 0.6) is 23.0 Å². The second kappa shape index (κ2) is 5.45. The quantitative estimate of drug-likeness (QED) is 0.413. The number of oxazole rings is 1. The maximum Gasteiger partial charge on any atom is 0.226 e. The molecule has 1 heterocycles. The van der Waals surface area contributed by atoms with Crippen LogP contribution in [0.15, 0.2) is 59.1 Å². The van der Waals surface area contributed by atoms with Crippen molar-refractivity contribution in [2.24, 2.45) is 0 Å². The molecule has 4 N–H and O–H groups in total. The van der Waals surface area contributed by atoms with E-state index in [1.807, 2.05) is 0 Å². The number of aromatic hydroxyl groups is 4. The van der Waals surface area contributed by atoms with Crippen LogP contribution in [0.2, 0.25) is 0 Å². The molecule has 0 aliphatic heterocycles. The Bertz CT molecular complexity index is 1100. The minimum absolute atomic E-state index is 0.182. The smallest absolute Gasteiger partial charge is 0.226 e. The van der Waals surface area contributed by atoms with E-state index in [9.17, 15) is 20.4 Å². The molecule has 6 heteroatoms. The minimum Gasteiger partial charge on any atom is -0.504 e. The summed E-state index contributed by atoms with van der Waals surface area (Å²) < 4.78 is 5.70. The highest BCUT2D eigenvalue weighted by Crippen LogP contribution is 2.38. The molecule has 0 spiro atoms. The summed E-state index contributed by atoms with van der Waals surface area (Å²) in [5, 5.41) is 40.2. The van der Waals surface area contributed by atoms with Crippen molar-refractivity contribution in [3.63, 3.8) is 0 Å². The highest BCUT2D eigenvalue weighted by Gasteiger charge is 2.14. The van der Waals surface area contributed by atoms with Crippen molar-refractivity contribution in [1.82, 2.24) is 4.98 Å². The first-order chi connectivity index (χ1) is 12.0. The van der Waals surface area contributed by atoms with Gasteiger partial charge in [0.05, 0.1) is 11.8 Å². The first kappa shape index (κ1) is 14.9. The van der Waals surface area contributed by atoms with Gasteiger partial charge in [-0.15, -0.1) is 0 Å². The van der Waals surface area contributed by atoms with Gasteiger partial charge in [-0.2, -0.15) is 0 Å². The predicted molar refractivity (Wildman–Crippen MR) is 91.5 cm³/mol. The van der Waals surface area contributed by atoms with Crippen LogP contribution in [-0.2, 0) is 0 Å². The Hall–Kier alpha value is -3.67. The average molecular weight is 335 g/mol. The third-order valence-electron chi connectivity index (χ3n) is 3.97. The fourth-order valence-corrected chi connectivity index (χ4v) is 2.67. The van der Waals surface area contributed by atoms with Crippen LogP contribution in [-0.4, -0.2) is 25.4 Å². The second-order valence-corrected chi connectivity index (χ2v) is 5.61. The number of phenolic OH excluding ortho intramolecular Hbond substituents is 4. The number of aromatic nitrogens is 1. The van der Waals surface area contributed by atoms with Gasteiger partial charge in [0, 0.05) is 5.56 Å². The maximum absolute atomic E-state index is 9.94. The minimum atomic E-state index is -0.274. The van der Waals surface area contributed by atoms with Gasteiger partial charge in [-0.1, -0.05) is 12.1 Å². The molecule has 1 aromatic heterocycles. The molecule has 3 aromatic carbocycles. The maximum atomic E-state index is 9.94. The van der Waals surface area contributed by atoms with Gasteiger partial charge < -0.3 is 24.8 Å². The Morgan fingerprint density at radius 2 is 1.52 bits per heavy atom. The molecular formula is C19H13NO5. The molecule has 0 radical (unpaired) electrons. The van der Waals surface area contributed by atoms with Gasteiger partial charge in [0.1, 0.15) is 0 Å². The SMILES string of the molecule is Oc1cc2ccc(-c3ncc(-c4cccc(O)c4O)o3)cc2cc1O. The molecule has 4 rings (SSSR count). The summed E-state index contributed by atoms with van der Waals surface area (Å²) in [5.74, 6) is -0.259. The van der Waals surface area contributed by atoms with Crippen LogP contribution in [0.1, 0.15) is 0 Å². The van der Waals surface area contributed by atoms with Crippen molar-refractivity contribution in [2.75, 3.05) is 0 Å². The first-order valence-electron chi connectivity index (χ1n) is 7.46. The zero-order valence-corrected chi connectivity index (χ0v) is 12.8. The van der Waals surface area contributed by atoms with E-state index >= 15 is 0 Å². The van der Waals surface area contributed by atoms with Crippen LogP contribution in [0.4, 0.5) is 0 Å². The third-order valence-corrected chi connectivity index (χ3v) is 3.97. The van der Waals surface area contributed by atoms with E-state index in [0.717, 1.165) is 5.39 Å². The highest BCUT2D eigenvalue weighted by atomic mass is 16.4. The Labute approximate surface area is 141 Å². The van der Waals surface area contributed by atoms with Gasteiger partial charge in [0.15, 0.2) is 28.8 Å². The van der Waals surface area contributed by atoms with Crippen molar-refractivity contribution in [3.05, 3.63) is 54.7 Å². The third kappa shape index (κ3) is 2.49. The van der Waals surface area contributed by atoms with Crippen LogP contribution in [0.3, 0.4) is 0 Å². The fourth-order valence-electron chi connectivity index (χ4n) is 2.67. The van der Waals surface area contributed by atoms with Crippen molar-refractivity contribution >= 4 is 10.8 Å². The van der Waals surface area contributed by atoms with Gasteiger partial charge in [0.2, 0.25) is 5.89 Å². The number of hydrogen-bond donors (Lipinski definition) is 4. The second-order valence-electron chi connectivity index (χ2n) is 5.61. The average Bonchev–Trinajstić information content (AvgIpc) is 3.08. The summed E-state index contributed by atoms with van der Waals surface area (Å²) >= 11 is 0. The Morgan fingerprint density at radius 3 is 2.32 bits per heavy atom. The normalized spacial score (nSPS) is 11.0. The molecule has 0 fully saturated rings. The van der Waals surface area contributed by atoms with Gasteiger partial charge >= 0.3 is 0 Å². The van der Waals surface area contributed by atoms with Crippen molar-refractivity contribution in [3.8, 4) is 45.8 Å². The Morgan fingerprint density at radius 1 is 0.760 bits per heavy atom. The monoisotopic (exact) mass is 335 g/mol. The Balaban J connectivity index is 1.78. The van der Waals surface area contributed by atoms with Crippen molar-refractivity contribution < 1.29 is 24.8 Å². The van der Waals surface area contributed by atoms with E-state index < -0.39 is 0 Å². The fraction of sp³-hybridized carbons (Fsp3) is 0. The van der Waals surface area contributed by atoms with Crippen LogP contribution < -0.4 is 0 Å². The molecular weight excluding hydrogens is 322 g/mol. The summed E-state index contributed by atoms with van der Waals surface area (Å²) in [4.78, 5) is 4.21. The van der Waals surface area contributed by atoms with Gasteiger partial charge in [-0.3, -0.25) is 0 Å². The van der Waals surface area contributed by atoms with Gasteiger partial charge in [0.25, 0.3) is 0 Å². The summed E-state index contributed by atoms with van der Waals surface area (Å²) in [7, 11) is 0. The molecule has 4 aromatic rings. The predicted octanol–water partition coefficient (Wildman–Crippen LogP) is 3.98. The summed E-state index contributed by atoms with van der Waals surface area (Å²) in [6.45, 7) is 0. The molecule has 0 unspecified atom stereocenters. The van der Waals surface area contributed by atoms with Gasteiger partial charge in [-0.05, 0) is 47.2 Å². The molecule has 0 amide bonds. The standard InChI is InChI=1S/C19H13NO5/c21-14-3-1-2-13(18(14)24)17-9-20-19(25-17)11-5-4-10-7-15(22)16(23)8-12(10)6-11/h1-9,21-24H. The van der Waals surface area contributed by atoms with Crippen LogP contribution in [0, 0.1) is 0 Å². The molecule has 25 heavy (non-hydrogen) atoms. The van der Waals surface area contributed by atoms with Crippen molar-refractivity contribution in [2.45, 2.75) is 0 Å². The molecule has 0 bridgehead atoms. The topological polar surface area (TPSA) is 107 Å². The molecule has 0 saturated heterocycles. The first-order valence-corrected chi connectivity index (χ1v) is 7.46. The zero-order valence-electron chi connectivity index (χ0n) is 12.8. The van der Waals surface area contributed by atoms with Crippen LogP contribution >= 0.6 is 0 Å². The molecule has 0 saturated carbocycles. The number of para-hydroxylation sites is 1. The number of fused-ring (bicyclic) bond motifs is 1. The van der Waals surface area contributed by atoms with E-state index in [1.165, 1.54) is 24.4 Å². The summed E-state index contributed by atoms with van der Waals surface area (Å²) in [6, 6.07) is 12.8. The largest absolute Gasteiger partial charge is 0.504 e. The summed E-state index contributed by atoms with van der Waals surface area (Å²) in [6.07, 6.45) is 1.46. The van der Waals surface area contributed by atoms with E-state index in [4.69, 9.17) is 4.42 Å². The molecule has 0 atom stereocenters.